The number of hydrogen-bond acceptors (Lipinski definition) is 9. The van der Waals surface area contributed by atoms with Crippen LogP contribution in [0.5, 0.6) is 17.2 Å². The Kier molecular flexibility index (Phi) is 9.87. The molecular weight excluding hydrogens is 618 g/mol. The number of benzene rings is 2. The van der Waals surface area contributed by atoms with Gasteiger partial charge in [0.2, 0.25) is 23.0 Å². The van der Waals surface area contributed by atoms with E-state index in [2.05, 4.69) is 25.9 Å². The molecule has 3 aromatic carbocycles. The first kappa shape index (κ1) is 33.8. The van der Waals surface area contributed by atoms with E-state index in [1.54, 1.807) is 37.4 Å². The summed E-state index contributed by atoms with van der Waals surface area (Å²) >= 11 is 0. The summed E-state index contributed by atoms with van der Waals surface area (Å²) in [6.45, 7) is 5.27. The molecule has 0 bridgehead atoms. The Balaban J connectivity index is 1.59. The predicted molar refractivity (Wildman–Crippen MR) is 183 cm³/mol. The normalized spacial score (nSPS) is 14.8. The van der Waals surface area contributed by atoms with Gasteiger partial charge in [0.15, 0.2) is 11.5 Å². The Bertz CT molecular complexity index is 2070. The zero-order valence-corrected chi connectivity index (χ0v) is 27.7. The molecule has 0 spiro atoms. The van der Waals surface area contributed by atoms with Crippen molar-refractivity contribution in [1.29, 1.82) is 0 Å². The van der Waals surface area contributed by atoms with Crippen molar-refractivity contribution in [2.75, 3.05) is 32.0 Å². The second kappa shape index (κ2) is 14.0. The number of H-pyrrole nitrogens is 2. The molecule has 1 aromatic heterocycles. The highest BCUT2D eigenvalue weighted by Crippen LogP contribution is 2.50. The number of carbonyl (C=O) groups is 2. The number of aromatic nitrogens is 2. The minimum atomic E-state index is -0.826. The number of carbonyl (C=O) groups excluding carboxylic acids is 2. The Hall–Kier alpha value is -5.59. The molecule has 5 N–H and O–H groups in total. The number of fused-ring (bicyclic) bond motifs is 4. The summed E-state index contributed by atoms with van der Waals surface area (Å²) in [5.41, 5.74) is 2.26. The van der Waals surface area contributed by atoms with Crippen molar-refractivity contribution >= 4 is 34.2 Å². The topological polar surface area (TPSA) is 181 Å². The van der Waals surface area contributed by atoms with Gasteiger partial charge < -0.3 is 40.1 Å². The van der Waals surface area contributed by atoms with Gasteiger partial charge in [-0.15, -0.1) is 0 Å². The number of hydrogen-bond donors (Lipinski definition) is 5. The van der Waals surface area contributed by atoms with Gasteiger partial charge in [0.05, 0.1) is 44.1 Å². The second-order valence-electron chi connectivity index (χ2n) is 11.8. The summed E-state index contributed by atoms with van der Waals surface area (Å²) in [6, 6.07) is 10.2. The average Bonchev–Trinajstić information content (AvgIpc) is 3.30. The maximum atomic E-state index is 13.9. The summed E-state index contributed by atoms with van der Waals surface area (Å²) < 4.78 is 17.1. The van der Waals surface area contributed by atoms with E-state index in [1.165, 1.54) is 27.2 Å². The van der Waals surface area contributed by atoms with Crippen LogP contribution in [0.15, 0.2) is 56.8 Å². The molecule has 0 saturated heterocycles. The van der Waals surface area contributed by atoms with Crippen LogP contribution in [0.25, 0.3) is 22.2 Å². The average molecular weight is 658 g/mol. The predicted octanol–water partition coefficient (Wildman–Crippen LogP) is 3.86. The molecule has 5 rings (SSSR count). The van der Waals surface area contributed by atoms with Crippen molar-refractivity contribution < 1.29 is 23.8 Å². The minimum absolute atomic E-state index is 0.187. The largest absolute Gasteiger partial charge is 0.493 e. The summed E-state index contributed by atoms with van der Waals surface area (Å²) in [4.78, 5) is 68.5. The van der Waals surface area contributed by atoms with E-state index in [0.29, 0.717) is 69.9 Å². The molecule has 0 unspecified atom stereocenters. The molecule has 13 nitrogen and oxygen atoms in total. The van der Waals surface area contributed by atoms with E-state index >= 15 is 0 Å². The van der Waals surface area contributed by atoms with Crippen LogP contribution < -0.4 is 46.7 Å². The molecule has 0 radical (unpaired) electrons. The lowest BCUT2D eigenvalue weighted by atomic mass is 9.95. The molecule has 4 aromatic rings. The molecule has 0 saturated carbocycles. The smallest absolute Gasteiger partial charge is 0.314 e. The number of aromatic amines is 2. The van der Waals surface area contributed by atoms with Crippen LogP contribution in [-0.4, -0.2) is 49.2 Å². The number of rotatable bonds is 10. The second-order valence-corrected chi connectivity index (χ2v) is 11.8. The highest BCUT2D eigenvalue weighted by atomic mass is 16.5. The number of methoxy groups -OCH3 is 3. The van der Waals surface area contributed by atoms with Gasteiger partial charge in [-0.2, -0.15) is 0 Å². The molecule has 0 fully saturated rings. The number of amides is 2. The van der Waals surface area contributed by atoms with Crippen LogP contribution in [0.4, 0.5) is 11.4 Å². The highest BCUT2D eigenvalue weighted by Gasteiger charge is 2.30. The van der Waals surface area contributed by atoms with Gasteiger partial charge in [0.1, 0.15) is 6.04 Å². The van der Waals surface area contributed by atoms with Crippen molar-refractivity contribution in [3.05, 3.63) is 84.5 Å². The number of anilines is 2. The quantitative estimate of drug-likeness (QED) is 0.158. The van der Waals surface area contributed by atoms with Gasteiger partial charge in [-0.25, -0.2) is 0 Å². The molecule has 1 heterocycles. The Morgan fingerprint density at radius 1 is 0.917 bits per heavy atom. The van der Waals surface area contributed by atoms with Crippen LogP contribution in [-0.2, 0) is 16.0 Å². The third kappa shape index (κ3) is 6.61. The summed E-state index contributed by atoms with van der Waals surface area (Å²) in [6.07, 6.45) is 1.69. The number of nitrogens with one attached hydrogen (secondary N) is 5. The van der Waals surface area contributed by atoms with Crippen molar-refractivity contribution in [3.8, 4) is 28.4 Å². The summed E-state index contributed by atoms with van der Waals surface area (Å²) in [7, 11) is 4.60. The molecule has 0 aliphatic heterocycles. The SMILES string of the molecule is CC[C@H](C)[C@H](Nc1ccc2c(cc1=O)[C@@H](NC(C)=O)CCc1cc(OC)c(OC)c(OC)c1-2)C(=O)Nc1ccc2[nH]c(=O)c(=O)[nH]c2c1. The van der Waals surface area contributed by atoms with E-state index < -0.39 is 29.1 Å². The first-order valence-corrected chi connectivity index (χ1v) is 15.6. The summed E-state index contributed by atoms with van der Waals surface area (Å²) in [5.74, 6) is 0.481. The number of ether oxygens (including phenoxy) is 3. The van der Waals surface area contributed by atoms with Crippen LogP contribution >= 0.6 is 0 Å². The monoisotopic (exact) mass is 657 g/mol. The summed E-state index contributed by atoms with van der Waals surface area (Å²) in [5, 5.41) is 9.05. The zero-order chi connectivity index (χ0) is 34.7. The molecule has 48 heavy (non-hydrogen) atoms. The first-order valence-electron chi connectivity index (χ1n) is 15.6. The fraction of sp³-hybridized carbons (Fsp3) is 0.343. The zero-order valence-electron chi connectivity index (χ0n) is 27.7. The van der Waals surface area contributed by atoms with Crippen LogP contribution in [0.2, 0.25) is 0 Å². The van der Waals surface area contributed by atoms with Crippen molar-refractivity contribution in [1.82, 2.24) is 15.3 Å². The van der Waals surface area contributed by atoms with Gasteiger partial charge in [-0.05, 0) is 71.8 Å². The van der Waals surface area contributed by atoms with Crippen LogP contribution in [0.1, 0.15) is 50.8 Å². The van der Waals surface area contributed by atoms with Crippen molar-refractivity contribution in [2.45, 2.75) is 52.1 Å². The Morgan fingerprint density at radius 3 is 2.27 bits per heavy atom. The molecule has 252 valence electrons. The molecule has 13 heteroatoms. The van der Waals surface area contributed by atoms with Gasteiger partial charge in [0, 0.05) is 18.2 Å². The van der Waals surface area contributed by atoms with E-state index in [4.69, 9.17) is 14.2 Å². The first-order chi connectivity index (χ1) is 23.0. The molecular formula is C35H39N5O8. The van der Waals surface area contributed by atoms with Gasteiger partial charge >= 0.3 is 11.1 Å². The third-order valence-corrected chi connectivity index (χ3v) is 8.71. The van der Waals surface area contributed by atoms with Gasteiger partial charge in [-0.3, -0.25) is 24.0 Å². The third-order valence-electron chi connectivity index (χ3n) is 8.71. The van der Waals surface area contributed by atoms with Crippen LogP contribution in [0, 0.1) is 5.92 Å². The van der Waals surface area contributed by atoms with Gasteiger partial charge in [-0.1, -0.05) is 26.3 Å². The van der Waals surface area contributed by atoms with Crippen molar-refractivity contribution in [2.24, 2.45) is 5.92 Å². The Labute approximate surface area is 276 Å². The molecule has 1 aliphatic carbocycles. The van der Waals surface area contributed by atoms with Crippen molar-refractivity contribution in [3.63, 3.8) is 0 Å². The molecule has 3 atom stereocenters. The maximum absolute atomic E-state index is 13.9. The fourth-order valence-corrected chi connectivity index (χ4v) is 6.11. The Morgan fingerprint density at radius 2 is 1.62 bits per heavy atom. The molecule has 2 amide bonds. The van der Waals surface area contributed by atoms with Gasteiger partial charge in [0.25, 0.3) is 0 Å². The molecule has 1 aliphatic rings. The fourth-order valence-electron chi connectivity index (χ4n) is 6.11. The van der Waals surface area contributed by atoms with E-state index in [0.717, 1.165) is 5.56 Å². The lowest BCUT2D eigenvalue weighted by molar-refractivity contribution is -0.120. The lowest BCUT2D eigenvalue weighted by Crippen LogP contribution is -2.40. The highest BCUT2D eigenvalue weighted by molar-refractivity contribution is 5.98. The standard InChI is InChI=1S/C35H39N5O8/c1-7-17(2)30(33(43)37-20-9-12-24-26(15-20)40-35(45)34(44)39-24)38-25-13-10-21-22(16-27(25)42)23(36-18(3)41)11-8-19-14-28(46-4)31(47-5)32(48-6)29(19)21/h9-10,12-17,23,30H,7-8,11H2,1-6H3,(H,36,41)(H,37,43)(H,38,42)(H,39,44)(H,40,45)/t17-,23-,30-/m0/s1. The lowest BCUT2D eigenvalue weighted by Gasteiger charge is -2.24. The van der Waals surface area contributed by atoms with E-state index in [1.807, 2.05) is 19.9 Å². The van der Waals surface area contributed by atoms with E-state index in [-0.39, 0.29) is 22.9 Å². The maximum Gasteiger partial charge on any atom is 0.314 e. The van der Waals surface area contributed by atoms with E-state index in [9.17, 15) is 24.0 Å². The minimum Gasteiger partial charge on any atom is -0.493 e. The van der Waals surface area contributed by atoms with Crippen LogP contribution in [0.3, 0.4) is 0 Å². The number of aryl methyl sites for hydroxylation is 1.